The summed E-state index contributed by atoms with van der Waals surface area (Å²) in [5.41, 5.74) is 3.33. The molecule has 20 heavy (non-hydrogen) atoms. The number of nitrogens with zero attached hydrogens (tertiary/aromatic N) is 1. The Bertz CT molecular complexity index is 566. The second-order valence-corrected chi connectivity index (χ2v) is 5.02. The number of quaternary nitrogens is 1. The van der Waals surface area contributed by atoms with Gasteiger partial charge in [-0.25, -0.2) is 0 Å². The SMILES string of the molecule is COc1ccc(C2[NH2+]CC(c3ccc(C)nc3)O2)cc1. The molecule has 3 rings (SSSR count). The summed E-state index contributed by atoms with van der Waals surface area (Å²) < 4.78 is 11.3. The standard InChI is InChI=1S/C16H18N2O2/c1-11-3-4-13(9-17-11)15-10-18-16(20-15)12-5-7-14(19-2)8-6-12/h3-9,15-16,18H,10H2,1-2H3/p+1. The minimum atomic E-state index is 0.0483. The Kier molecular flexibility index (Phi) is 3.67. The Labute approximate surface area is 118 Å². The van der Waals surface area contributed by atoms with Crippen LogP contribution in [0.25, 0.3) is 0 Å². The van der Waals surface area contributed by atoms with Gasteiger partial charge in [0.05, 0.1) is 7.11 Å². The number of hydrogen-bond donors (Lipinski definition) is 1. The summed E-state index contributed by atoms with van der Waals surface area (Å²) in [5, 5.41) is 2.21. The van der Waals surface area contributed by atoms with E-state index in [1.165, 1.54) is 0 Å². The lowest BCUT2D eigenvalue weighted by Gasteiger charge is -2.10. The Hall–Kier alpha value is -1.91. The van der Waals surface area contributed by atoms with Gasteiger partial charge < -0.3 is 14.8 Å². The van der Waals surface area contributed by atoms with E-state index in [4.69, 9.17) is 9.47 Å². The van der Waals surface area contributed by atoms with Gasteiger partial charge in [0.15, 0.2) is 0 Å². The van der Waals surface area contributed by atoms with Crippen molar-refractivity contribution in [3.05, 3.63) is 59.4 Å². The predicted octanol–water partition coefficient (Wildman–Crippen LogP) is 1.73. The number of aryl methyl sites for hydroxylation is 1. The zero-order valence-corrected chi connectivity index (χ0v) is 11.7. The van der Waals surface area contributed by atoms with E-state index in [-0.39, 0.29) is 12.3 Å². The molecular weight excluding hydrogens is 252 g/mol. The molecule has 2 N–H and O–H groups in total. The molecule has 104 valence electrons. The molecule has 2 unspecified atom stereocenters. The Balaban J connectivity index is 1.71. The third-order valence-corrected chi connectivity index (χ3v) is 3.63. The van der Waals surface area contributed by atoms with Gasteiger partial charge in [-0.3, -0.25) is 4.98 Å². The molecular formula is C16H19N2O2+. The smallest absolute Gasteiger partial charge is 0.217 e. The van der Waals surface area contributed by atoms with Gasteiger partial charge >= 0.3 is 0 Å². The van der Waals surface area contributed by atoms with E-state index < -0.39 is 0 Å². The van der Waals surface area contributed by atoms with Crippen LogP contribution in [0.5, 0.6) is 5.75 Å². The molecule has 2 heterocycles. The fraction of sp³-hybridized carbons (Fsp3) is 0.312. The third kappa shape index (κ3) is 2.66. The molecule has 0 bridgehead atoms. The van der Waals surface area contributed by atoms with Crippen LogP contribution in [0.2, 0.25) is 0 Å². The van der Waals surface area contributed by atoms with Crippen LogP contribution in [-0.4, -0.2) is 18.6 Å². The fourth-order valence-corrected chi connectivity index (χ4v) is 2.43. The van der Waals surface area contributed by atoms with Crippen molar-refractivity contribution in [3.8, 4) is 5.75 Å². The third-order valence-electron chi connectivity index (χ3n) is 3.63. The lowest BCUT2D eigenvalue weighted by atomic mass is 10.1. The van der Waals surface area contributed by atoms with Gasteiger partial charge in [0.2, 0.25) is 6.23 Å². The number of methoxy groups -OCH3 is 1. The van der Waals surface area contributed by atoms with E-state index in [0.29, 0.717) is 0 Å². The molecule has 4 nitrogen and oxygen atoms in total. The monoisotopic (exact) mass is 271 g/mol. The molecule has 0 radical (unpaired) electrons. The second kappa shape index (κ2) is 5.61. The first-order valence-electron chi connectivity index (χ1n) is 6.81. The minimum Gasteiger partial charge on any atom is -0.497 e. The van der Waals surface area contributed by atoms with Gasteiger partial charge in [0.25, 0.3) is 0 Å². The van der Waals surface area contributed by atoms with Crippen molar-refractivity contribution >= 4 is 0 Å². The van der Waals surface area contributed by atoms with Crippen LogP contribution in [-0.2, 0) is 4.74 Å². The number of benzene rings is 1. The Morgan fingerprint density at radius 1 is 1.15 bits per heavy atom. The van der Waals surface area contributed by atoms with Crippen molar-refractivity contribution in [2.45, 2.75) is 19.3 Å². The topological polar surface area (TPSA) is 48.0 Å². The largest absolute Gasteiger partial charge is 0.497 e. The molecule has 2 atom stereocenters. The molecule has 0 spiro atoms. The van der Waals surface area contributed by atoms with E-state index >= 15 is 0 Å². The lowest BCUT2D eigenvalue weighted by molar-refractivity contribution is -0.698. The minimum absolute atomic E-state index is 0.0483. The van der Waals surface area contributed by atoms with E-state index in [0.717, 1.165) is 29.1 Å². The maximum absolute atomic E-state index is 6.11. The number of pyridine rings is 1. The number of ether oxygens (including phenoxy) is 2. The van der Waals surface area contributed by atoms with Gasteiger partial charge in [0, 0.05) is 23.0 Å². The van der Waals surface area contributed by atoms with Crippen LogP contribution in [0, 0.1) is 6.92 Å². The van der Waals surface area contributed by atoms with E-state index in [2.05, 4.69) is 28.5 Å². The quantitative estimate of drug-likeness (QED) is 0.925. The summed E-state index contributed by atoms with van der Waals surface area (Å²) in [6.07, 6.45) is 2.06. The first kappa shape index (κ1) is 13.1. The maximum atomic E-state index is 6.11. The zero-order chi connectivity index (χ0) is 13.9. The van der Waals surface area contributed by atoms with Crippen molar-refractivity contribution < 1.29 is 14.8 Å². The predicted molar refractivity (Wildman–Crippen MR) is 75.3 cm³/mol. The molecule has 1 aromatic carbocycles. The van der Waals surface area contributed by atoms with Gasteiger partial charge in [-0.2, -0.15) is 0 Å². The van der Waals surface area contributed by atoms with Crippen molar-refractivity contribution in [2.75, 3.05) is 13.7 Å². The Morgan fingerprint density at radius 3 is 2.55 bits per heavy atom. The first-order chi connectivity index (χ1) is 9.76. The van der Waals surface area contributed by atoms with Crippen LogP contribution in [0.3, 0.4) is 0 Å². The van der Waals surface area contributed by atoms with E-state index in [9.17, 15) is 0 Å². The second-order valence-electron chi connectivity index (χ2n) is 5.02. The summed E-state index contributed by atoms with van der Waals surface area (Å²) in [6, 6.07) is 12.2. The van der Waals surface area contributed by atoms with Gasteiger partial charge in [-0.05, 0) is 37.3 Å². The fourth-order valence-electron chi connectivity index (χ4n) is 2.43. The van der Waals surface area contributed by atoms with Crippen molar-refractivity contribution in [1.29, 1.82) is 0 Å². The number of rotatable bonds is 3. The highest BCUT2D eigenvalue weighted by atomic mass is 16.5. The molecule has 1 aromatic heterocycles. The summed E-state index contributed by atoms with van der Waals surface area (Å²) in [4.78, 5) is 4.33. The van der Waals surface area contributed by atoms with Crippen LogP contribution in [0.4, 0.5) is 0 Å². The van der Waals surface area contributed by atoms with Crippen LogP contribution >= 0.6 is 0 Å². The van der Waals surface area contributed by atoms with E-state index in [1.807, 2.05) is 31.3 Å². The first-order valence-corrected chi connectivity index (χ1v) is 6.81. The van der Waals surface area contributed by atoms with Crippen molar-refractivity contribution in [2.24, 2.45) is 0 Å². The molecule has 0 saturated carbocycles. The van der Waals surface area contributed by atoms with Gasteiger partial charge in [0.1, 0.15) is 18.4 Å². The Morgan fingerprint density at radius 2 is 1.90 bits per heavy atom. The van der Waals surface area contributed by atoms with Crippen molar-refractivity contribution in [1.82, 2.24) is 4.98 Å². The number of aromatic nitrogens is 1. The molecule has 4 heteroatoms. The molecule has 2 aromatic rings. The summed E-state index contributed by atoms with van der Waals surface area (Å²) in [6.45, 7) is 2.91. The average molecular weight is 271 g/mol. The lowest BCUT2D eigenvalue weighted by Crippen LogP contribution is -2.82. The highest BCUT2D eigenvalue weighted by Crippen LogP contribution is 2.26. The number of nitrogens with two attached hydrogens (primary N) is 1. The number of hydrogen-bond acceptors (Lipinski definition) is 3. The summed E-state index contributed by atoms with van der Waals surface area (Å²) in [7, 11) is 1.67. The molecule has 0 aliphatic carbocycles. The van der Waals surface area contributed by atoms with Gasteiger partial charge in [-0.15, -0.1) is 0 Å². The maximum Gasteiger partial charge on any atom is 0.217 e. The van der Waals surface area contributed by atoms with Crippen molar-refractivity contribution in [3.63, 3.8) is 0 Å². The molecule has 1 fully saturated rings. The molecule has 1 aliphatic rings. The zero-order valence-electron chi connectivity index (χ0n) is 11.7. The summed E-state index contributed by atoms with van der Waals surface area (Å²) in [5.74, 6) is 0.867. The molecule has 1 saturated heterocycles. The molecule has 1 aliphatic heterocycles. The highest BCUT2D eigenvalue weighted by molar-refractivity contribution is 5.28. The van der Waals surface area contributed by atoms with Gasteiger partial charge in [-0.1, -0.05) is 6.07 Å². The highest BCUT2D eigenvalue weighted by Gasteiger charge is 2.31. The molecule has 0 amide bonds. The van der Waals surface area contributed by atoms with Crippen LogP contribution < -0.4 is 10.1 Å². The average Bonchev–Trinajstić information content (AvgIpc) is 2.98. The normalized spacial score (nSPS) is 21.9. The van der Waals surface area contributed by atoms with Crippen LogP contribution in [0.15, 0.2) is 42.6 Å². The van der Waals surface area contributed by atoms with E-state index in [1.54, 1.807) is 7.11 Å². The summed E-state index contributed by atoms with van der Waals surface area (Å²) >= 11 is 0. The van der Waals surface area contributed by atoms with Crippen LogP contribution in [0.1, 0.15) is 29.2 Å².